The highest BCUT2D eigenvalue weighted by Gasteiger charge is 2.36. The summed E-state index contributed by atoms with van der Waals surface area (Å²) in [6.07, 6.45) is 0.544. The number of hydrogen-bond acceptors (Lipinski definition) is 4. The molecule has 4 N–H and O–H groups in total. The normalized spacial score (nSPS) is 36.5. The highest BCUT2D eigenvalue weighted by atomic mass is 16.3. The van der Waals surface area contributed by atoms with Crippen LogP contribution in [-0.2, 0) is 0 Å². The topological polar surface area (TPSA) is 72.7 Å². The van der Waals surface area contributed by atoms with Crippen LogP contribution in [0, 0.1) is 0 Å². The lowest BCUT2D eigenvalue weighted by atomic mass is 10.0. The SMILES string of the molecule is CCCCC(O)[C@H]1NC[C@@H](O)[C@@H]1O. The predicted molar refractivity (Wildman–Crippen MR) is 49.3 cm³/mol. The summed E-state index contributed by atoms with van der Waals surface area (Å²) in [5, 5.41) is 31.2. The fourth-order valence-corrected chi connectivity index (χ4v) is 1.69. The molecule has 1 heterocycles. The van der Waals surface area contributed by atoms with Crippen molar-refractivity contribution in [1.82, 2.24) is 5.32 Å². The standard InChI is InChI=1S/C9H19NO3/c1-2-3-4-6(11)8-9(13)7(12)5-10-8/h6-13H,2-5H2,1H3/t6?,7-,8-,9+/m1/s1. The van der Waals surface area contributed by atoms with E-state index in [9.17, 15) is 15.3 Å². The van der Waals surface area contributed by atoms with Gasteiger partial charge in [-0.25, -0.2) is 0 Å². The average molecular weight is 189 g/mol. The Morgan fingerprint density at radius 2 is 2.15 bits per heavy atom. The van der Waals surface area contributed by atoms with Crippen LogP contribution in [0.1, 0.15) is 26.2 Å². The average Bonchev–Trinajstić information content (AvgIpc) is 2.44. The van der Waals surface area contributed by atoms with Gasteiger partial charge in [0, 0.05) is 6.54 Å². The Labute approximate surface area is 78.6 Å². The predicted octanol–water partition coefficient (Wildman–Crippen LogP) is -0.769. The second-order valence-electron chi connectivity index (χ2n) is 3.70. The number of unbranched alkanes of at least 4 members (excludes halogenated alkanes) is 1. The zero-order chi connectivity index (χ0) is 9.84. The van der Waals surface area contributed by atoms with Crippen LogP contribution in [0.5, 0.6) is 0 Å². The summed E-state index contributed by atoms with van der Waals surface area (Å²) in [5.41, 5.74) is 0. The monoisotopic (exact) mass is 189 g/mol. The summed E-state index contributed by atoms with van der Waals surface area (Å²) in [6.45, 7) is 2.43. The number of hydrogen-bond donors (Lipinski definition) is 4. The lowest BCUT2D eigenvalue weighted by Crippen LogP contribution is -2.43. The highest BCUT2D eigenvalue weighted by molar-refractivity contribution is 4.94. The largest absolute Gasteiger partial charge is 0.391 e. The van der Waals surface area contributed by atoms with Gasteiger partial charge in [-0.15, -0.1) is 0 Å². The molecule has 0 bridgehead atoms. The van der Waals surface area contributed by atoms with Crippen molar-refractivity contribution in [1.29, 1.82) is 0 Å². The van der Waals surface area contributed by atoms with Gasteiger partial charge in [-0.3, -0.25) is 0 Å². The van der Waals surface area contributed by atoms with E-state index < -0.39 is 18.3 Å². The third kappa shape index (κ3) is 2.64. The summed E-state index contributed by atoms with van der Waals surface area (Å²) >= 11 is 0. The fraction of sp³-hybridized carbons (Fsp3) is 1.00. The van der Waals surface area contributed by atoms with E-state index in [1.54, 1.807) is 0 Å². The van der Waals surface area contributed by atoms with Gasteiger partial charge >= 0.3 is 0 Å². The van der Waals surface area contributed by atoms with Gasteiger partial charge in [-0.2, -0.15) is 0 Å². The minimum atomic E-state index is -0.827. The molecular formula is C9H19NO3. The molecule has 4 atom stereocenters. The summed E-state index contributed by atoms with van der Waals surface area (Å²) in [7, 11) is 0. The molecule has 4 heteroatoms. The van der Waals surface area contributed by atoms with Crippen LogP contribution < -0.4 is 5.32 Å². The minimum Gasteiger partial charge on any atom is -0.391 e. The molecule has 0 aromatic heterocycles. The number of aliphatic hydroxyl groups excluding tert-OH is 3. The van der Waals surface area contributed by atoms with E-state index in [4.69, 9.17) is 0 Å². The van der Waals surface area contributed by atoms with Gasteiger partial charge in [0.25, 0.3) is 0 Å². The van der Waals surface area contributed by atoms with Gasteiger partial charge in [-0.05, 0) is 6.42 Å². The summed E-state index contributed by atoms with van der Waals surface area (Å²) in [4.78, 5) is 0. The zero-order valence-electron chi connectivity index (χ0n) is 7.98. The van der Waals surface area contributed by atoms with E-state index in [1.807, 2.05) is 0 Å². The Kier molecular flexibility index (Phi) is 4.12. The first-order valence-electron chi connectivity index (χ1n) is 4.94. The summed E-state index contributed by atoms with van der Waals surface area (Å²) in [5.74, 6) is 0. The molecule has 78 valence electrons. The Hall–Kier alpha value is -0.160. The van der Waals surface area contributed by atoms with Gasteiger partial charge in [0.2, 0.25) is 0 Å². The fourth-order valence-electron chi connectivity index (χ4n) is 1.69. The van der Waals surface area contributed by atoms with E-state index in [2.05, 4.69) is 12.2 Å². The molecule has 1 aliphatic rings. The van der Waals surface area contributed by atoms with Gasteiger partial charge in [0.05, 0.1) is 24.4 Å². The lowest BCUT2D eigenvalue weighted by molar-refractivity contribution is 0.00422. The molecule has 1 fully saturated rings. The lowest BCUT2D eigenvalue weighted by Gasteiger charge is -2.21. The second-order valence-corrected chi connectivity index (χ2v) is 3.70. The maximum absolute atomic E-state index is 9.63. The Morgan fingerprint density at radius 1 is 1.46 bits per heavy atom. The third-order valence-corrected chi connectivity index (χ3v) is 2.59. The van der Waals surface area contributed by atoms with Crippen molar-refractivity contribution in [3.8, 4) is 0 Å². The quantitative estimate of drug-likeness (QED) is 0.468. The van der Waals surface area contributed by atoms with Crippen LogP contribution in [0.4, 0.5) is 0 Å². The molecule has 1 unspecified atom stereocenters. The molecular weight excluding hydrogens is 170 g/mol. The molecule has 0 amide bonds. The molecule has 0 aromatic carbocycles. The molecule has 4 nitrogen and oxygen atoms in total. The molecule has 1 saturated heterocycles. The summed E-state index contributed by atoms with van der Waals surface area (Å²) < 4.78 is 0. The Bertz CT molecular complexity index is 154. The van der Waals surface area contributed by atoms with Crippen LogP contribution in [0.3, 0.4) is 0 Å². The molecule has 0 radical (unpaired) electrons. The van der Waals surface area contributed by atoms with Crippen LogP contribution in [-0.4, -0.2) is 46.2 Å². The third-order valence-electron chi connectivity index (χ3n) is 2.59. The molecule has 1 rings (SSSR count). The van der Waals surface area contributed by atoms with Gasteiger partial charge in [0.1, 0.15) is 0 Å². The second kappa shape index (κ2) is 4.91. The van der Waals surface area contributed by atoms with E-state index in [0.717, 1.165) is 12.8 Å². The first-order chi connectivity index (χ1) is 6.16. The van der Waals surface area contributed by atoms with Crippen molar-refractivity contribution in [3.05, 3.63) is 0 Å². The molecule has 0 spiro atoms. The molecule has 0 saturated carbocycles. The number of β-amino-alcohol motifs (C(OH)–C–C–N with tert-alkyl or cyclic N) is 1. The minimum absolute atomic E-state index is 0.360. The first kappa shape index (κ1) is 10.9. The molecule has 1 aliphatic heterocycles. The number of rotatable bonds is 4. The van der Waals surface area contributed by atoms with Crippen LogP contribution in [0.2, 0.25) is 0 Å². The first-order valence-corrected chi connectivity index (χ1v) is 4.94. The molecule has 0 aliphatic carbocycles. The van der Waals surface area contributed by atoms with E-state index in [0.29, 0.717) is 13.0 Å². The van der Waals surface area contributed by atoms with Crippen molar-refractivity contribution >= 4 is 0 Å². The number of nitrogens with one attached hydrogen (secondary N) is 1. The van der Waals surface area contributed by atoms with Gasteiger partial charge < -0.3 is 20.6 Å². The van der Waals surface area contributed by atoms with Crippen LogP contribution in [0.15, 0.2) is 0 Å². The van der Waals surface area contributed by atoms with E-state index >= 15 is 0 Å². The Morgan fingerprint density at radius 3 is 2.62 bits per heavy atom. The van der Waals surface area contributed by atoms with Crippen molar-refractivity contribution in [2.45, 2.75) is 50.5 Å². The van der Waals surface area contributed by atoms with Crippen molar-refractivity contribution in [2.75, 3.05) is 6.54 Å². The maximum Gasteiger partial charge on any atom is 0.0989 e. The van der Waals surface area contributed by atoms with Crippen LogP contribution >= 0.6 is 0 Å². The van der Waals surface area contributed by atoms with Gasteiger partial charge in [0.15, 0.2) is 0 Å². The number of aliphatic hydroxyl groups is 3. The van der Waals surface area contributed by atoms with E-state index in [-0.39, 0.29) is 6.04 Å². The summed E-state index contributed by atoms with van der Waals surface area (Å²) in [6, 6.07) is -0.360. The van der Waals surface area contributed by atoms with Crippen LogP contribution in [0.25, 0.3) is 0 Å². The Balaban J connectivity index is 2.34. The van der Waals surface area contributed by atoms with Gasteiger partial charge in [-0.1, -0.05) is 19.8 Å². The van der Waals surface area contributed by atoms with E-state index in [1.165, 1.54) is 0 Å². The van der Waals surface area contributed by atoms with Crippen molar-refractivity contribution in [3.63, 3.8) is 0 Å². The maximum atomic E-state index is 9.63. The highest BCUT2D eigenvalue weighted by Crippen LogP contribution is 2.15. The van der Waals surface area contributed by atoms with Crippen molar-refractivity contribution < 1.29 is 15.3 Å². The molecule has 0 aromatic rings. The van der Waals surface area contributed by atoms with Crippen molar-refractivity contribution in [2.24, 2.45) is 0 Å². The molecule has 13 heavy (non-hydrogen) atoms. The zero-order valence-corrected chi connectivity index (χ0v) is 7.98. The smallest absolute Gasteiger partial charge is 0.0989 e.